The number of benzene rings is 2. The number of hydrogen-bond donors (Lipinski definition) is 1. The lowest BCUT2D eigenvalue weighted by atomic mass is 9.97. The van der Waals surface area contributed by atoms with E-state index in [4.69, 9.17) is 9.47 Å². The zero-order chi connectivity index (χ0) is 29.5. The highest BCUT2D eigenvalue weighted by Crippen LogP contribution is 2.24. The molecule has 2 fully saturated rings. The molecule has 43 heavy (non-hydrogen) atoms. The Labute approximate surface area is 256 Å². The molecule has 0 spiro atoms. The van der Waals surface area contributed by atoms with Crippen molar-refractivity contribution in [1.82, 2.24) is 20.2 Å². The van der Waals surface area contributed by atoms with Crippen molar-refractivity contribution in [2.24, 2.45) is 11.8 Å². The molecule has 0 amide bonds. The van der Waals surface area contributed by atoms with Crippen molar-refractivity contribution in [2.45, 2.75) is 25.7 Å². The van der Waals surface area contributed by atoms with Gasteiger partial charge in [0.15, 0.2) is 0 Å². The van der Waals surface area contributed by atoms with E-state index >= 15 is 0 Å². The molecule has 6 heteroatoms. The Bertz CT molecular complexity index is 1440. The van der Waals surface area contributed by atoms with E-state index in [9.17, 15) is 0 Å². The number of rotatable bonds is 8. The Morgan fingerprint density at radius 2 is 1.21 bits per heavy atom. The monoisotopic (exact) mass is 574 g/mol. The van der Waals surface area contributed by atoms with Crippen molar-refractivity contribution in [1.29, 1.82) is 0 Å². The van der Waals surface area contributed by atoms with Gasteiger partial charge in [-0.15, -0.1) is 0 Å². The Hall–Kier alpha value is -4.26. The second-order valence-electron chi connectivity index (χ2n) is 11.2. The number of allylic oxidation sites excluding steroid dienone is 1. The minimum atomic E-state index is 0.637. The second-order valence-corrected chi connectivity index (χ2v) is 11.2. The van der Waals surface area contributed by atoms with Crippen LogP contribution in [0.25, 0.3) is 12.2 Å². The van der Waals surface area contributed by atoms with E-state index in [1.165, 1.54) is 32.2 Å². The van der Waals surface area contributed by atoms with E-state index in [2.05, 4.69) is 51.5 Å². The second kappa shape index (κ2) is 16.4. The van der Waals surface area contributed by atoms with Crippen molar-refractivity contribution in [3.63, 3.8) is 0 Å². The summed E-state index contributed by atoms with van der Waals surface area (Å²) in [6, 6.07) is 23.6. The highest BCUT2D eigenvalue weighted by molar-refractivity contribution is 5.51. The molecule has 0 unspecified atom stereocenters. The first-order chi connectivity index (χ1) is 21.2. The first-order valence-corrected chi connectivity index (χ1v) is 15.3. The molecule has 222 valence electrons. The number of likely N-dealkylation sites (tertiary alicyclic amines) is 1. The third kappa shape index (κ3) is 10.5. The molecule has 0 bridgehead atoms. The van der Waals surface area contributed by atoms with Gasteiger partial charge in [-0.2, -0.15) is 0 Å². The topological polar surface area (TPSA) is 59.5 Å². The standard InChI is InChI=1S/C19H22N2O.C18H20N2O/c1-21-11-5-6-16(15-21)9-10-17-12-19(14-20-13-17)22-18-7-3-2-4-8-18;1-2-4-17(5-3-1)21-18-12-16(13-20-14-18)7-6-15-8-10-19-11-9-15/h2-4,7-10,12-14,16H,5-6,11,15H2,1H3;1-7,12-15,19H,8-11H2/t16-;/m0./s1. The zero-order valence-electron chi connectivity index (χ0n) is 25.0. The van der Waals surface area contributed by atoms with E-state index in [0.717, 1.165) is 53.8 Å². The SMILES string of the molecule is C(=CC1CCNCC1)c1cncc(Oc2ccccc2)c1.CN1CCC[C@@H](C=Cc2cncc(Oc3ccccc3)c2)C1. The van der Waals surface area contributed by atoms with E-state index in [0.29, 0.717) is 11.8 Å². The van der Waals surface area contributed by atoms with Crippen LogP contribution in [0.2, 0.25) is 0 Å². The maximum atomic E-state index is 5.82. The Kier molecular flexibility index (Phi) is 11.5. The van der Waals surface area contributed by atoms with E-state index in [-0.39, 0.29) is 0 Å². The van der Waals surface area contributed by atoms with Crippen LogP contribution in [0.5, 0.6) is 23.0 Å². The van der Waals surface area contributed by atoms with Gasteiger partial charge in [-0.3, -0.25) is 9.97 Å². The van der Waals surface area contributed by atoms with Gasteiger partial charge in [0, 0.05) is 18.9 Å². The van der Waals surface area contributed by atoms with Gasteiger partial charge in [-0.1, -0.05) is 60.7 Å². The number of aromatic nitrogens is 2. The lowest BCUT2D eigenvalue weighted by Gasteiger charge is -2.27. The molecule has 6 nitrogen and oxygen atoms in total. The van der Waals surface area contributed by atoms with E-state index in [1.54, 1.807) is 12.4 Å². The summed E-state index contributed by atoms with van der Waals surface area (Å²) in [6.45, 7) is 4.59. The molecule has 1 N–H and O–H groups in total. The third-order valence-corrected chi connectivity index (χ3v) is 7.59. The van der Waals surface area contributed by atoms with E-state index < -0.39 is 0 Å². The smallest absolute Gasteiger partial charge is 0.146 e. The Balaban J connectivity index is 0.000000171. The van der Waals surface area contributed by atoms with Crippen LogP contribution in [0.15, 0.2) is 110 Å². The molecule has 1 atom stereocenters. The molecular weight excluding hydrogens is 532 g/mol. The first kappa shape index (κ1) is 30.2. The zero-order valence-corrected chi connectivity index (χ0v) is 25.0. The fraction of sp³-hybridized carbons (Fsp3) is 0.297. The molecule has 6 rings (SSSR count). The lowest BCUT2D eigenvalue weighted by molar-refractivity contribution is 0.238. The van der Waals surface area contributed by atoms with E-state index in [1.807, 2.05) is 85.2 Å². The van der Waals surface area contributed by atoms with Crippen molar-refractivity contribution in [3.05, 3.63) is 121 Å². The van der Waals surface area contributed by atoms with Gasteiger partial charge in [-0.05, 0) is 112 Å². The van der Waals surface area contributed by atoms with Crippen LogP contribution in [-0.4, -0.2) is 48.1 Å². The molecule has 2 aliphatic rings. The maximum absolute atomic E-state index is 5.82. The first-order valence-electron chi connectivity index (χ1n) is 15.3. The number of para-hydroxylation sites is 2. The molecule has 2 aromatic heterocycles. The minimum absolute atomic E-state index is 0.637. The van der Waals surface area contributed by atoms with Crippen LogP contribution >= 0.6 is 0 Å². The fourth-order valence-electron chi connectivity index (χ4n) is 5.31. The predicted molar refractivity (Wildman–Crippen MR) is 175 cm³/mol. The number of nitrogens with one attached hydrogen (secondary N) is 1. The average molecular weight is 575 g/mol. The quantitative estimate of drug-likeness (QED) is 0.229. The average Bonchev–Trinajstić information content (AvgIpc) is 3.05. The van der Waals surface area contributed by atoms with Gasteiger partial charge in [0.2, 0.25) is 0 Å². The van der Waals surface area contributed by atoms with Crippen LogP contribution in [0, 0.1) is 11.8 Å². The van der Waals surface area contributed by atoms with Crippen LogP contribution in [0.4, 0.5) is 0 Å². The van der Waals surface area contributed by atoms with Crippen molar-refractivity contribution >= 4 is 12.2 Å². The summed E-state index contributed by atoms with van der Waals surface area (Å²) >= 11 is 0. The van der Waals surface area contributed by atoms with Crippen molar-refractivity contribution in [3.8, 4) is 23.0 Å². The number of nitrogens with zero attached hydrogens (tertiary/aromatic N) is 3. The summed E-state index contributed by atoms with van der Waals surface area (Å²) in [5.74, 6) is 4.52. The number of pyridine rings is 2. The Morgan fingerprint density at radius 1 is 0.674 bits per heavy atom. The highest BCUT2D eigenvalue weighted by Gasteiger charge is 2.14. The molecule has 0 radical (unpaired) electrons. The third-order valence-electron chi connectivity index (χ3n) is 7.59. The van der Waals surface area contributed by atoms with Crippen molar-refractivity contribution < 1.29 is 9.47 Å². The fourth-order valence-corrected chi connectivity index (χ4v) is 5.31. The molecule has 2 aliphatic heterocycles. The van der Waals surface area contributed by atoms with Gasteiger partial charge in [0.25, 0.3) is 0 Å². The van der Waals surface area contributed by atoms with Gasteiger partial charge >= 0.3 is 0 Å². The largest absolute Gasteiger partial charge is 0.456 e. The van der Waals surface area contributed by atoms with Gasteiger partial charge < -0.3 is 19.7 Å². The Morgan fingerprint density at radius 3 is 1.74 bits per heavy atom. The van der Waals surface area contributed by atoms with Crippen LogP contribution in [-0.2, 0) is 0 Å². The predicted octanol–water partition coefficient (Wildman–Crippen LogP) is 8.12. The molecular formula is C37H42N4O2. The molecule has 2 saturated heterocycles. The van der Waals surface area contributed by atoms with Crippen LogP contribution < -0.4 is 14.8 Å². The van der Waals surface area contributed by atoms with Gasteiger partial charge in [-0.25, -0.2) is 0 Å². The molecule has 2 aromatic carbocycles. The van der Waals surface area contributed by atoms with Crippen molar-refractivity contribution in [2.75, 3.05) is 33.2 Å². The minimum Gasteiger partial charge on any atom is -0.456 e. The maximum Gasteiger partial charge on any atom is 0.146 e. The van der Waals surface area contributed by atoms with Gasteiger partial charge in [0.1, 0.15) is 23.0 Å². The number of ether oxygens (including phenoxy) is 2. The highest BCUT2D eigenvalue weighted by atomic mass is 16.5. The summed E-state index contributed by atoms with van der Waals surface area (Å²) in [7, 11) is 2.19. The molecule has 0 aliphatic carbocycles. The van der Waals surface area contributed by atoms with Crippen LogP contribution in [0.1, 0.15) is 36.8 Å². The molecule has 4 aromatic rings. The number of hydrogen-bond acceptors (Lipinski definition) is 6. The summed E-state index contributed by atoms with van der Waals surface area (Å²) in [6.07, 6.45) is 21.1. The van der Waals surface area contributed by atoms with Gasteiger partial charge in [0.05, 0.1) is 12.4 Å². The lowest BCUT2D eigenvalue weighted by Crippen LogP contribution is -2.30. The normalized spacial score (nSPS) is 17.8. The summed E-state index contributed by atoms with van der Waals surface area (Å²) in [4.78, 5) is 10.9. The summed E-state index contributed by atoms with van der Waals surface area (Å²) in [5, 5.41) is 3.38. The number of piperidine rings is 2. The van der Waals surface area contributed by atoms with Crippen LogP contribution in [0.3, 0.4) is 0 Å². The molecule has 0 saturated carbocycles. The summed E-state index contributed by atoms with van der Waals surface area (Å²) < 4.78 is 11.6. The molecule has 4 heterocycles. The summed E-state index contributed by atoms with van der Waals surface area (Å²) in [5.41, 5.74) is 2.17.